The van der Waals surface area contributed by atoms with Gasteiger partial charge in [0, 0.05) is 11.7 Å². The molecule has 1 fully saturated rings. The Kier molecular flexibility index (Phi) is 4.60. The molecule has 2 rings (SSSR count). The fraction of sp³-hybridized carbons (Fsp3) is 0.500. The maximum atomic E-state index is 13.0. The van der Waals surface area contributed by atoms with E-state index in [4.69, 9.17) is 5.73 Å². The van der Waals surface area contributed by atoms with Crippen molar-refractivity contribution in [2.75, 3.05) is 4.90 Å². The van der Waals surface area contributed by atoms with Gasteiger partial charge in [-0.2, -0.15) is 0 Å². The van der Waals surface area contributed by atoms with Crippen LogP contribution in [-0.4, -0.2) is 17.9 Å². The monoisotopic (exact) mass is 292 g/mol. The Bertz CT molecular complexity index is 524. The van der Waals surface area contributed by atoms with Crippen molar-refractivity contribution in [3.63, 3.8) is 0 Å². The molecule has 0 bridgehead atoms. The molecule has 4 nitrogen and oxygen atoms in total. The van der Waals surface area contributed by atoms with E-state index in [-0.39, 0.29) is 17.8 Å². The summed E-state index contributed by atoms with van der Waals surface area (Å²) in [4.78, 5) is 25.9. The molecule has 0 radical (unpaired) electrons. The van der Waals surface area contributed by atoms with E-state index in [0.717, 1.165) is 12.8 Å². The Morgan fingerprint density at radius 3 is 2.29 bits per heavy atom. The van der Waals surface area contributed by atoms with E-state index in [1.165, 1.54) is 17.0 Å². The second-order valence-electron chi connectivity index (χ2n) is 5.91. The first kappa shape index (κ1) is 15.5. The lowest BCUT2D eigenvalue weighted by Crippen LogP contribution is -2.45. The summed E-state index contributed by atoms with van der Waals surface area (Å²) in [5.74, 6) is -1.62. The van der Waals surface area contributed by atoms with Crippen molar-refractivity contribution in [2.24, 2.45) is 17.6 Å². The van der Waals surface area contributed by atoms with Crippen LogP contribution in [0.5, 0.6) is 0 Å². The fourth-order valence-corrected chi connectivity index (χ4v) is 2.48. The average molecular weight is 292 g/mol. The van der Waals surface area contributed by atoms with Gasteiger partial charge in [-0.15, -0.1) is 0 Å². The summed E-state index contributed by atoms with van der Waals surface area (Å²) in [6.07, 6.45) is 2.61. The van der Waals surface area contributed by atoms with Crippen molar-refractivity contribution < 1.29 is 14.0 Å². The molecule has 2 N–H and O–H groups in total. The molecular formula is C16H21FN2O2. The highest BCUT2D eigenvalue weighted by Gasteiger charge is 2.36. The molecule has 5 heteroatoms. The highest BCUT2D eigenvalue weighted by atomic mass is 19.1. The molecule has 1 unspecified atom stereocenters. The zero-order chi connectivity index (χ0) is 15.6. The van der Waals surface area contributed by atoms with Crippen LogP contribution < -0.4 is 10.6 Å². The smallest absolute Gasteiger partial charge is 0.239 e. The summed E-state index contributed by atoms with van der Waals surface area (Å²) in [5, 5.41) is 0. The van der Waals surface area contributed by atoms with Gasteiger partial charge in [0.15, 0.2) is 0 Å². The molecule has 0 saturated heterocycles. The number of primary amides is 1. The van der Waals surface area contributed by atoms with Crippen LogP contribution in [0, 0.1) is 17.7 Å². The summed E-state index contributed by atoms with van der Waals surface area (Å²) < 4.78 is 13.0. The molecule has 1 aromatic rings. The van der Waals surface area contributed by atoms with E-state index in [1.807, 2.05) is 13.8 Å². The lowest BCUT2D eigenvalue weighted by molar-refractivity contribution is -0.132. The maximum Gasteiger partial charge on any atom is 0.239 e. The predicted molar refractivity (Wildman–Crippen MR) is 79.0 cm³/mol. The van der Waals surface area contributed by atoms with E-state index in [1.54, 1.807) is 12.1 Å². The fourth-order valence-electron chi connectivity index (χ4n) is 2.48. The Balaban J connectivity index is 2.24. The Hall–Kier alpha value is -1.91. The third kappa shape index (κ3) is 3.80. The minimum atomic E-state index is -0.801. The van der Waals surface area contributed by atoms with Crippen LogP contribution in [0.4, 0.5) is 10.1 Å². The number of benzene rings is 1. The zero-order valence-electron chi connectivity index (χ0n) is 12.4. The van der Waals surface area contributed by atoms with Gasteiger partial charge in [0.2, 0.25) is 11.8 Å². The third-order valence-electron chi connectivity index (χ3n) is 3.77. The van der Waals surface area contributed by atoms with Crippen molar-refractivity contribution in [1.82, 2.24) is 0 Å². The van der Waals surface area contributed by atoms with Crippen molar-refractivity contribution in [3.8, 4) is 0 Å². The number of anilines is 1. The largest absolute Gasteiger partial charge is 0.369 e. The molecule has 21 heavy (non-hydrogen) atoms. The molecule has 0 aromatic heterocycles. The second kappa shape index (κ2) is 6.24. The molecule has 0 spiro atoms. The number of hydrogen-bond acceptors (Lipinski definition) is 2. The molecule has 1 aliphatic carbocycles. The number of carbonyl (C=O) groups is 2. The van der Waals surface area contributed by atoms with E-state index < -0.39 is 11.8 Å². The SMILES string of the molecule is CC(C)N(C(=O)C(CC1CC1)C(N)=O)c1ccc(F)cc1. The first-order chi connectivity index (χ1) is 9.90. The third-order valence-corrected chi connectivity index (χ3v) is 3.77. The zero-order valence-corrected chi connectivity index (χ0v) is 12.4. The first-order valence-electron chi connectivity index (χ1n) is 7.28. The van der Waals surface area contributed by atoms with E-state index in [2.05, 4.69) is 0 Å². The van der Waals surface area contributed by atoms with Crippen molar-refractivity contribution >= 4 is 17.5 Å². The number of rotatable bonds is 6. The normalized spacial score (nSPS) is 15.8. The molecule has 1 aliphatic rings. The minimum absolute atomic E-state index is 0.135. The lowest BCUT2D eigenvalue weighted by atomic mass is 9.98. The van der Waals surface area contributed by atoms with Gasteiger partial charge in [0.05, 0.1) is 0 Å². The molecule has 0 aliphatic heterocycles. The van der Waals surface area contributed by atoms with Gasteiger partial charge < -0.3 is 10.6 Å². The van der Waals surface area contributed by atoms with Crippen LogP contribution in [0.15, 0.2) is 24.3 Å². The Morgan fingerprint density at radius 1 is 1.29 bits per heavy atom. The first-order valence-corrected chi connectivity index (χ1v) is 7.28. The summed E-state index contributed by atoms with van der Waals surface area (Å²) >= 11 is 0. The topological polar surface area (TPSA) is 63.4 Å². The van der Waals surface area contributed by atoms with Crippen molar-refractivity contribution in [3.05, 3.63) is 30.1 Å². The molecular weight excluding hydrogens is 271 g/mol. The van der Waals surface area contributed by atoms with Crippen LogP contribution in [0.1, 0.15) is 33.1 Å². The Morgan fingerprint density at radius 2 is 1.86 bits per heavy atom. The van der Waals surface area contributed by atoms with E-state index in [9.17, 15) is 14.0 Å². The standard InChI is InChI=1S/C16H21FN2O2/c1-10(2)19(13-7-5-12(17)6-8-13)16(21)14(15(18)20)9-11-3-4-11/h5-8,10-11,14H,3-4,9H2,1-2H3,(H2,18,20). The summed E-state index contributed by atoms with van der Waals surface area (Å²) in [6, 6.07) is 5.56. The number of amides is 2. The summed E-state index contributed by atoms with van der Waals surface area (Å²) in [6.45, 7) is 3.72. The second-order valence-corrected chi connectivity index (χ2v) is 5.91. The quantitative estimate of drug-likeness (QED) is 0.819. The highest BCUT2D eigenvalue weighted by molar-refractivity contribution is 6.07. The number of halogens is 1. The number of carbonyl (C=O) groups excluding carboxylic acids is 2. The van der Waals surface area contributed by atoms with Crippen LogP contribution in [0.3, 0.4) is 0 Å². The van der Waals surface area contributed by atoms with Crippen LogP contribution >= 0.6 is 0 Å². The van der Waals surface area contributed by atoms with Gasteiger partial charge >= 0.3 is 0 Å². The van der Waals surface area contributed by atoms with Gasteiger partial charge in [0.1, 0.15) is 11.7 Å². The minimum Gasteiger partial charge on any atom is -0.369 e. The van der Waals surface area contributed by atoms with Crippen molar-refractivity contribution in [1.29, 1.82) is 0 Å². The lowest BCUT2D eigenvalue weighted by Gasteiger charge is -2.30. The summed E-state index contributed by atoms with van der Waals surface area (Å²) in [7, 11) is 0. The van der Waals surface area contributed by atoms with E-state index in [0.29, 0.717) is 18.0 Å². The molecule has 2 amide bonds. The summed E-state index contributed by atoms with van der Waals surface area (Å²) in [5.41, 5.74) is 5.99. The van der Waals surface area contributed by atoms with Gasteiger partial charge in [-0.05, 0) is 50.5 Å². The van der Waals surface area contributed by atoms with Gasteiger partial charge in [0.25, 0.3) is 0 Å². The molecule has 1 aromatic carbocycles. The number of nitrogens with zero attached hydrogens (tertiary/aromatic N) is 1. The van der Waals surface area contributed by atoms with Gasteiger partial charge in [-0.1, -0.05) is 12.8 Å². The molecule has 114 valence electrons. The van der Waals surface area contributed by atoms with E-state index >= 15 is 0 Å². The van der Waals surface area contributed by atoms with Crippen molar-refractivity contribution in [2.45, 2.75) is 39.2 Å². The van der Waals surface area contributed by atoms with Crippen LogP contribution in [0.2, 0.25) is 0 Å². The van der Waals surface area contributed by atoms with Gasteiger partial charge in [-0.3, -0.25) is 9.59 Å². The molecule has 1 saturated carbocycles. The van der Waals surface area contributed by atoms with Gasteiger partial charge in [-0.25, -0.2) is 4.39 Å². The highest BCUT2D eigenvalue weighted by Crippen LogP contribution is 2.36. The van der Waals surface area contributed by atoms with Crippen LogP contribution in [-0.2, 0) is 9.59 Å². The maximum absolute atomic E-state index is 13.0. The molecule has 1 atom stereocenters. The predicted octanol–water partition coefficient (Wildman–Crippen LogP) is 2.47. The number of hydrogen-bond donors (Lipinski definition) is 1. The molecule has 0 heterocycles. The number of nitrogens with two attached hydrogens (primary N) is 1. The van der Waals surface area contributed by atoms with Crippen LogP contribution in [0.25, 0.3) is 0 Å². The Labute approximate surface area is 124 Å². The average Bonchev–Trinajstić information content (AvgIpc) is 3.21.